The molecular weight excluding hydrogens is 1370 g/mol. The van der Waals surface area contributed by atoms with E-state index in [0.717, 1.165) is 155 Å². The average molecular weight is 1430 g/mol. The van der Waals surface area contributed by atoms with Crippen LogP contribution in [0.2, 0.25) is 0 Å². The lowest BCUT2D eigenvalue weighted by Gasteiger charge is -2.11. The molecule has 6 heterocycles. The molecule has 10 heteroatoms. The van der Waals surface area contributed by atoms with Crippen molar-refractivity contribution in [3.05, 3.63) is 388 Å². The first-order valence-corrected chi connectivity index (χ1v) is 37.5. The van der Waals surface area contributed by atoms with Crippen LogP contribution in [-0.2, 0) is 0 Å². The zero-order chi connectivity index (χ0) is 74.0. The normalized spacial score (nSPS) is 11.6. The molecule has 0 fully saturated rings. The molecule has 0 saturated heterocycles. The van der Waals surface area contributed by atoms with Crippen molar-refractivity contribution in [3.63, 3.8) is 0 Å². The minimum atomic E-state index is 0.636. The molecular formula is C102H64N8O2. The van der Waals surface area contributed by atoms with Crippen molar-refractivity contribution in [2.75, 3.05) is 0 Å². The molecule has 6 aromatic heterocycles. The first kappa shape index (κ1) is 65.1. The van der Waals surface area contributed by atoms with Gasteiger partial charge < -0.3 is 18.0 Å². The molecule has 22 aromatic rings. The maximum atomic E-state index is 6.24. The Labute approximate surface area is 643 Å². The van der Waals surface area contributed by atoms with Gasteiger partial charge in [0.15, 0.2) is 34.9 Å². The molecule has 0 spiro atoms. The number of hydrogen-bond donors (Lipinski definition) is 0. The lowest BCUT2D eigenvalue weighted by Crippen LogP contribution is -2.00. The average Bonchev–Trinajstić information content (AvgIpc) is 1.59. The van der Waals surface area contributed by atoms with Crippen LogP contribution in [0.15, 0.2) is 397 Å². The number of aromatic nitrogens is 8. The fraction of sp³-hybridized carbons (Fsp3) is 0. The van der Waals surface area contributed by atoms with E-state index in [1.165, 1.54) is 21.5 Å². The maximum absolute atomic E-state index is 6.24. The lowest BCUT2D eigenvalue weighted by molar-refractivity contribution is 0.668. The zero-order valence-corrected chi connectivity index (χ0v) is 60.3. The second-order valence-electron chi connectivity index (χ2n) is 28.1. The van der Waals surface area contributed by atoms with Gasteiger partial charge in [0, 0.05) is 87.8 Å². The largest absolute Gasteiger partial charge is 0.456 e. The molecule has 0 amide bonds. The van der Waals surface area contributed by atoms with Crippen LogP contribution in [0.4, 0.5) is 0 Å². The first-order valence-electron chi connectivity index (χ1n) is 37.5. The zero-order valence-electron chi connectivity index (χ0n) is 60.3. The number of hydrogen-bond acceptors (Lipinski definition) is 8. The highest BCUT2D eigenvalue weighted by Gasteiger charge is 2.21. The van der Waals surface area contributed by atoms with E-state index in [4.69, 9.17) is 38.7 Å². The summed E-state index contributed by atoms with van der Waals surface area (Å²) in [6, 6.07) is 135. The minimum absolute atomic E-state index is 0.636. The van der Waals surface area contributed by atoms with E-state index in [9.17, 15) is 0 Å². The predicted octanol–water partition coefficient (Wildman–Crippen LogP) is 26.4. The maximum Gasteiger partial charge on any atom is 0.164 e. The molecule has 0 radical (unpaired) electrons. The molecule has 112 heavy (non-hydrogen) atoms. The van der Waals surface area contributed by atoms with E-state index >= 15 is 0 Å². The van der Waals surface area contributed by atoms with Crippen molar-refractivity contribution in [1.82, 2.24) is 39.0 Å². The van der Waals surface area contributed by atoms with Crippen molar-refractivity contribution in [3.8, 4) is 124 Å². The topological polar surface area (TPSA) is 113 Å². The van der Waals surface area contributed by atoms with Crippen molar-refractivity contribution >= 4 is 87.5 Å². The van der Waals surface area contributed by atoms with Gasteiger partial charge in [0.05, 0.1) is 22.1 Å². The van der Waals surface area contributed by atoms with E-state index < -0.39 is 0 Å². The number of rotatable bonds is 12. The molecule has 0 unspecified atom stereocenters. The van der Waals surface area contributed by atoms with Crippen molar-refractivity contribution < 1.29 is 8.83 Å². The molecule has 0 saturated carbocycles. The summed E-state index contributed by atoms with van der Waals surface area (Å²) in [6.07, 6.45) is 0. The number of benzene rings is 16. The van der Waals surface area contributed by atoms with Gasteiger partial charge in [0.25, 0.3) is 0 Å². The number of fused-ring (bicyclic) bond motifs is 12. The first-order chi connectivity index (χ1) is 55.5. The van der Waals surface area contributed by atoms with E-state index in [0.29, 0.717) is 34.9 Å². The molecule has 0 aliphatic heterocycles. The molecule has 0 aliphatic rings. The van der Waals surface area contributed by atoms with Gasteiger partial charge in [-0.25, -0.2) is 29.9 Å². The third-order valence-electron chi connectivity index (χ3n) is 21.3. The Morgan fingerprint density at radius 3 is 0.848 bits per heavy atom. The van der Waals surface area contributed by atoms with Crippen LogP contribution in [0.1, 0.15) is 0 Å². The number of nitrogens with zero attached hydrogens (tertiary/aromatic N) is 8. The second-order valence-corrected chi connectivity index (χ2v) is 28.1. The van der Waals surface area contributed by atoms with Crippen LogP contribution in [0.5, 0.6) is 0 Å². The van der Waals surface area contributed by atoms with Gasteiger partial charge in [0.2, 0.25) is 0 Å². The Hall–Kier alpha value is -15.3. The summed E-state index contributed by atoms with van der Waals surface area (Å²) >= 11 is 0. The van der Waals surface area contributed by atoms with Crippen molar-refractivity contribution in [2.24, 2.45) is 0 Å². The van der Waals surface area contributed by atoms with E-state index in [1.807, 2.05) is 146 Å². The predicted molar refractivity (Wildman–Crippen MR) is 457 cm³/mol. The van der Waals surface area contributed by atoms with E-state index in [-0.39, 0.29) is 0 Å². The van der Waals surface area contributed by atoms with Gasteiger partial charge in [-0.1, -0.05) is 285 Å². The molecule has 524 valence electrons. The van der Waals surface area contributed by atoms with E-state index in [2.05, 4.69) is 252 Å². The van der Waals surface area contributed by atoms with Gasteiger partial charge in [-0.05, 0) is 148 Å². The minimum Gasteiger partial charge on any atom is -0.456 e. The molecule has 0 N–H and O–H groups in total. The number of furan rings is 2. The summed E-state index contributed by atoms with van der Waals surface area (Å²) in [7, 11) is 0. The summed E-state index contributed by atoms with van der Waals surface area (Å²) in [6.45, 7) is 0. The molecule has 0 aliphatic carbocycles. The van der Waals surface area contributed by atoms with Gasteiger partial charge in [-0.15, -0.1) is 0 Å². The monoisotopic (exact) mass is 1430 g/mol. The Balaban J connectivity index is 0.000000141. The summed E-state index contributed by atoms with van der Waals surface area (Å²) in [4.78, 5) is 29.6. The fourth-order valence-corrected chi connectivity index (χ4v) is 15.8. The smallest absolute Gasteiger partial charge is 0.164 e. The van der Waals surface area contributed by atoms with Gasteiger partial charge in [-0.3, -0.25) is 0 Å². The highest BCUT2D eigenvalue weighted by molar-refractivity contribution is 6.13. The Kier molecular flexibility index (Phi) is 16.0. The Bertz CT molecular complexity index is 7260. The van der Waals surface area contributed by atoms with Crippen molar-refractivity contribution in [1.29, 1.82) is 0 Å². The highest BCUT2D eigenvalue weighted by Crippen LogP contribution is 2.42. The summed E-state index contributed by atoms with van der Waals surface area (Å²) in [5.41, 5.74) is 25.1. The molecule has 0 atom stereocenters. The number of para-hydroxylation sites is 4. The molecule has 0 bridgehead atoms. The van der Waals surface area contributed by atoms with Crippen LogP contribution in [0, 0.1) is 0 Å². The summed E-state index contributed by atoms with van der Waals surface area (Å²) in [5, 5.41) is 9.35. The van der Waals surface area contributed by atoms with Gasteiger partial charge in [-0.2, -0.15) is 0 Å². The summed E-state index contributed by atoms with van der Waals surface area (Å²) < 4.78 is 17.2. The highest BCUT2D eigenvalue weighted by atomic mass is 16.3. The Morgan fingerprint density at radius 1 is 0.152 bits per heavy atom. The van der Waals surface area contributed by atoms with Crippen LogP contribution >= 0.6 is 0 Å². The molecule has 10 nitrogen and oxygen atoms in total. The van der Waals surface area contributed by atoms with E-state index in [1.54, 1.807) is 0 Å². The van der Waals surface area contributed by atoms with Crippen LogP contribution < -0.4 is 0 Å². The van der Waals surface area contributed by atoms with Crippen LogP contribution in [0.25, 0.3) is 212 Å². The van der Waals surface area contributed by atoms with Crippen molar-refractivity contribution in [2.45, 2.75) is 0 Å². The van der Waals surface area contributed by atoms with Gasteiger partial charge in [0.1, 0.15) is 22.3 Å². The SMILES string of the molecule is c1ccc(-c2nc(-c3ccccc3)nc(-c3ccc(-c4ccc5c(c4)c4ccccc4n5-c4cccc(-c5ccc6c(c5)oc5ccccc56)c4)cc3)n2)cc1.c1ccc(-c2nc(-c3ccccc3)nc(-c3cccc(-c4ccc5c(c4)c4ccccc4n5-c4cccc(-c5ccc6c(c5)oc5ccccc56)c4)c3)n2)cc1. The molecule has 16 aromatic carbocycles. The Morgan fingerprint density at radius 2 is 0.420 bits per heavy atom. The molecule has 22 rings (SSSR count). The third-order valence-corrected chi connectivity index (χ3v) is 21.3. The second kappa shape index (κ2) is 27.5. The standard InChI is InChI=1S/2C51H32N4O/c1-3-13-33(14-4-1)49-52-50(34-15-5-2-6-16-34)54-51(53-49)39-19-11-17-35(29-39)37-26-28-46-44(31-37)41-21-7-9-23-45(41)55(46)40-20-12-18-36(30-40)38-25-27-43-42-22-8-10-24-47(42)56-48(43)32-38;1-3-12-34(13-4-1)49-52-50(35-14-5-2-6-15-35)54-51(53-49)36-24-22-33(23-25-36)38-27-29-46-44(31-38)41-18-7-9-20-45(41)55(46)40-17-11-16-37(30-40)39-26-28-43-42-19-8-10-21-47(42)56-48(43)32-39/h2*1-32H. The quantitative estimate of drug-likeness (QED) is 0.119. The van der Waals surface area contributed by atoms with Crippen LogP contribution in [-0.4, -0.2) is 39.0 Å². The summed E-state index contributed by atoms with van der Waals surface area (Å²) in [5.74, 6) is 3.87. The fourth-order valence-electron chi connectivity index (χ4n) is 15.8. The third kappa shape index (κ3) is 11.9. The van der Waals surface area contributed by atoms with Gasteiger partial charge >= 0.3 is 0 Å². The van der Waals surface area contributed by atoms with Crippen LogP contribution in [0.3, 0.4) is 0 Å². The lowest BCUT2D eigenvalue weighted by atomic mass is 10.0.